The van der Waals surface area contributed by atoms with Gasteiger partial charge in [-0.1, -0.05) is 29.3 Å². The quantitative estimate of drug-likeness (QED) is 0.852. The zero-order chi connectivity index (χ0) is 14.5. The van der Waals surface area contributed by atoms with Gasteiger partial charge in [-0.25, -0.2) is 0 Å². The molecule has 3 nitrogen and oxygen atoms in total. The van der Waals surface area contributed by atoms with Gasteiger partial charge in [0.2, 0.25) is 0 Å². The monoisotopic (exact) mass is 331 g/mol. The van der Waals surface area contributed by atoms with E-state index in [-0.39, 0.29) is 0 Å². The lowest BCUT2D eigenvalue weighted by Gasteiger charge is -2.13. The van der Waals surface area contributed by atoms with Crippen molar-refractivity contribution in [2.45, 2.75) is 13.1 Å². The molecule has 1 N–H and O–H groups in total. The average Bonchev–Trinajstić information content (AvgIpc) is 2.86. The number of rotatable bonds is 6. The molecule has 2 rings (SSSR count). The van der Waals surface area contributed by atoms with Gasteiger partial charge in [0, 0.05) is 18.0 Å². The van der Waals surface area contributed by atoms with Gasteiger partial charge in [0.1, 0.15) is 0 Å². The van der Waals surface area contributed by atoms with Crippen LogP contribution in [0.5, 0.6) is 11.5 Å². The summed E-state index contributed by atoms with van der Waals surface area (Å²) in [4.78, 5) is 1.19. The molecule has 0 bridgehead atoms. The maximum atomic E-state index is 6.32. The third kappa shape index (κ3) is 3.58. The Morgan fingerprint density at radius 3 is 2.45 bits per heavy atom. The van der Waals surface area contributed by atoms with Crippen molar-refractivity contribution in [3.8, 4) is 11.5 Å². The van der Waals surface area contributed by atoms with Crippen molar-refractivity contribution in [2.24, 2.45) is 0 Å². The topological polar surface area (TPSA) is 30.5 Å². The summed E-state index contributed by atoms with van der Waals surface area (Å²) in [6, 6.07) is 7.69. The molecule has 1 heterocycles. The van der Waals surface area contributed by atoms with Gasteiger partial charge < -0.3 is 14.8 Å². The van der Waals surface area contributed by atoms with E-state index in [1.807, 2.05) is 24.3 Å². The van der Waals surface area contributed by atoms with E-state index in [4.69, 9.17) is 32.7 Å². The number of hydrogen-bond donors (Lipinski definition) is 1. The van der Waals surface area contributed by atoms with Crippen molar-refractivity contribution in [1.82, 2.24) is 5.32 Å². The first kappa shape index (κ1) is 15.4. The van der Waals surface area contributed by atoms with E-state index in [9.17, 15) is 0 Å². The molecule has 0 spiro atoms. The molecule has 0 saturated heterocycles. The number of halogens is 2. The second kappa shape index (κ2) is 7.18. The molecule has 1 aromatic heterocycles. The Balaban J connectivity index is 2.02. The predicted octanol–water partition coefficient (Wildman–Crippen LogP) is 4.36. The van der Waals surface area contributed by atoms with Crippen LogP contribution in [0.2, 0.25) is 9.36 Å². The van der Waals surface area contributed by atoms with Crippen LogP contribution in [0.1, 0.15) is 10.4 Å². The molecule has 0 aliphatic rings. The molecule has 1 aromatic carbocycles. The zero-order valence-corrected chi connectivity index (χ0v) is 13.5. The lowest BCUT2D eigenvalue weighted by atomic mass is 10.2. The zero-order valence-electron chi connectivity index (χ0n) is 11.2. The first-order valence-electron chi connectivity index (χ1n) is 6.00. The molecule has 0 fully saturated rings. The van der Waals surface area contributed by atoms with Crippen molar-refractivity contribution < 1.29 is 9.47 Å². The van der Waals surface area contributed by atoms with Crippen LogP contribution in [0.25, 0.3) is 0 Å². The van der Waals surface area contributed by atoms with E-state index in [0.717, 1.165) is 16.4 Å². The lowest BCUT2D eigenvalue weighted by Crippen LogP contribution is -2.12. The van der Waals surface area contributed by atoms with E-state index >= 15 is 0 Å². The van der Waals surface area contributed by atoms with Crippen molar-refractivity contribution in [2.75, 3.05) is 14.2 Å². The van der Waals surface area contributed by atoms with Gasteiger partial charge in [0.15, 0.2) is 11.5 Å². The van der Waals surface area contributed by atoms with Crippen LogP contribution in [0, 0.1) is 0 Å². The SMILES string of the molecule is COc1ccc(CNCc2ccc(Cl)s2)c(Cl)c1OC. The minimum absolute atomic E-state index is 0.563. The summed E-state index contributed by atoms with van der Waals surface area (Å²) in [7, 11) is 3.17. The van der Waals surface area contributed by atoms with Crippen LogP contribution in [0.3, 0.4) is 0 Å². The Hall–Kier alpha value is -0.940. The molecule has 0 aliphatic carbocycles. The second-order valence-electron chi connectivity index (χ2n) is 4.08. The van der Waals surface area contributed by atoms with Crippen LogP contribution in [-0.2, 0) is 13.1 Å². The van der Waals surface area contributed by atoms with Gasteiger partial charge in [-0.2, -0.15) is 0 Å². The van der Waals surface area contributed by atoms with Crippen LogP contribution in [0.4, 0.5) is 0 Å². The van der Waals surface area contributed by atoms with E-state index in [1.165, 1.54) is 4.88 Å². The van der Waals surface area contributed by atoms with Gasteiger partial charge in [-0.3, -0.25) is 0 Å². The Morgan fingerprint density at radius 2 is 1.85 bits per heavy atom. The number of benzene rings is 1. The molecule has 20 heavy (non-hydrogen) atoms. The molecule has 0 atom stereocenters. The minimum atomic E-state index is 0.563. The van der Waals surface area contributed by atoms with Gasteiger partial charge in [-0.15, -0.1) is 11.3 Å². The third-order valence-corrected chi connectivity index (χ3v) is 4.45. The molecule has 0 amide bonds. The van der Waals surface area contributed by atoms with Crippen molar-refractivity contribution >= 4 is 34.5 Å². The fraction of sp³-hybridized carbons (Fsp3) is 0.286. The molecule has 108 valence electrons. The Kier molecular flexibility index (Phi) is 5.54. The molecule has 6 heteroatoms. The standard InChI is InChI=1S/C14H15Cl2NO2S/c1-18-11-5-3-9(13(16)14(11)19-2)7-17-8-10-4-6-12(15)20-10/h3-6,17H,7-8H2,1-2H3. The highest BCUT2D eigenvalue weighted by atomic mass is 35.5. The van der Waals surface area contributed by atoms with E-state index < -0.39 is 0 Å². The molecule has 0 unspecified atom stereocenters. The fourth-order valence-electron chi connectivity index (χ4n) is 1.83. The van der Waals surface area contributed by atoms with Gasteiger partial charge in [-0.05, 0) is 23.8 Å². The van der Waals surface area contributed by atoms with Crippen molar-refractivity contribution in [3.63, 3.8) is 0 Å². The Morgan fingerprint density at radius 1 is 1.05 bits per heavy atom. The second-order valence-corrected chi connectivity index (χ2v) is 6.26. The van der Waals surface area contributed by atoms with Gasteiger partial charge in [0.25, 0.3) is 0 Å². The largest absolute Gasteiger partial charge is 0.493 e. The molecular formula is C14H15Cl2NO2S. The molecule has 0 radical (unpaired) electrons. The van der Waals surface area contributed by atoms with Crippen LogP contribution >= 0.6 is 34.5 Å². The van der Waals surface area contributed by atoms with Crippen LogP contribution < -0.4 is 14.8 Å². The molecular weight excluding hydrogens is 317 g/mol. The summed E-state index contributed by atoms with van der Waals surface area (Å²) in [5.41, 5.74) is 0.965. The van der Waals surface area contributed by atoms with Gasteiger partial charge >= 0.3 is 0 Å². The first-order valence-corrected chi connectivity index (χ1v) is 7.57. The number of nitrogens with one attached hydrogen (secondary N) is 1. The molecule has 0 saturated carbocycles. The summed E-state index contributed by atoms with van der Waals surface area (Å²) < 4.78 is 11.3. The summed E-state index contributed by atoms with van der Waals surface area (Å²) in [6.45, 7) is 1.40. The van der Waals surface area contributed by atoms with Crippen LogP contribution in [-0.4, -0.2) is 14.2 Å². The number of methoxy groups -OCH3 is 2. The normalized spacial score (nSPS) is 10.6. The predicted molar refractivity (Wildman–Crippen MR) is 84.4 cm³/mol. The highest BCUT2D eigenvalue weighted by Crippen LogP contribution is 2.37. The molecule has 2 aromatic rings. The fourth-order valence-corrected chi connectivity index (χ4v) is 3.19. The maximum Gasteiger partial charge on any atom is 0.179 e. The Bertz CT molecular complexity index is 587. The van der Waals surface area contributed by atoms with E-state index in [0.29, 0.717) is 23.1 Å². The smallest absolute Gasteiger partial charge is 0.179 e. The van der Waals surface area contributed by atoms with E-state index in [2.05, 4.69) is 5.32 Å². The highest BCUT2D eigenvalue weighted by molar-refractivity contribution is 7.16. The van der Waals surface area contributed by atoms with Crippen molar-refractivity contribution in [3.05, 3.63) is 44.1 Å². The number of hydrogen-bond acceptors (Lipinski definition) is 4. The van der Waals surface area contributed by atoms with Gasteiger partial charge in [0.05, 0.1) is 23.6 Å². The Labute approximate surface area is 132 Å². The van der Waals surface area contributed by atoms with Crippen molar-refractivity contribution in [1.29, 1.82) is 0 Å². The summed E-state index contributed by atoms with van der Waals surface area (Å²) in [5, 5.41) is 3.90. The van der Waals surface area contributed by atoms with E-state index in [1.54, 1.807) is 25.6 Å². The van der Waals surface area contributed by atoms with Crippen LogP contribution in [0.15, 0.2) is 24.3 Å². The first-order chi connectivity index (χ1) is 9.65. The summed E-state index contributed by atoms with van der Waals surface area (Å²) in [6.07, 6.45) is 0. The summed E-state index contributed by atoms with van der Waals surface area (Å²) in [5.74, 6) is 1.19. The third-order valence-electron chi connectivity index (χ3n) is 2.81. The lowest BCUT2D eigenvalue weighted by molar-refractivity contribution is 0.354. The highest BCUT2D eigenvalue weighted by Gasteiger charge is 2.12. The average molecular weight is 332 g/mol. The summed E-state index contributed by atoms with van der Waals surface area (Å²) >= 11 is 13.8. The minimum Gasteiger partial charge on any atom is -0.493 e. The number of thiophene rings is 1. The maximum absolute atomic E-state index is 6.32. The molecule has 0 aliphatic heterocycles. The number of ether oxygens (including phenoxy) is 2.